The maximum absolute atomic E-state index is 12.1. The molecule has 4 heteroatoms. The van der Waals surface area contributed by atoms with Crippen LogP contribution in [0, 0.1) is 0 Å². The summed E-state index contributed by atoms with van der Waals surface area (Å²) in [6, 6.07) is 5.15. The highest BCUT2D eigenvalue weighted by Crippen LogP contribution is 2.19. The number of esters is 1. The van der Waals surface area contributed by atoms with Crippen molar-refractivity contribution in [2.75, 3.05) is 6.61 Å². The van der Waals surface area contributed by atoms with Crippen molar-refractivity contribution in [3.63, 3.8) is 0 Å². The zero-order valence-electron chi connectivity index (χ0n) is 15.5. The van der Waals surface area contributed by atoms with Gasteiger partial charge in [0.2, 0.25) is 0 Å². The van der Waals surface area contributed by atoms with Gasteiger partial charge in [0.05, 0.1) is 17.9 Å². The Morgan fingerprint density at radius 1 is 1.25 bits per heavy atom. The zero-order valence-corrected chi connectivity index (χ0v) is 16.3. The molecule has 132 valence electrons. The number of hydrogen-bond donors (Lipinski definition) is 0. The highest BCUT2D eigenvalue weighted by atomic mass is 35.5. The van der Waals surface area contributed by atoms with Gasteiger partial charge in [0.25, 0.3) is 0 Å². The summed E-state index contributed by atoms with van der Waals surface area (Å²) in [7, 11) is 0. The van der Waals surface area contributed by atoms with E-state index in [4.69, 9.17) is 16.3 Å². The van der Waals surface area contributed by atoms with E-state index in [1.807, 2.05) is 46.0 Å². The molecule has 0 aliphatic heterocycles. The molecule has 0 unspecified atom stereocenters. The van der Waals surface area contributed by atoms with Gasteiger partial charge in [-0.2, -0.15) is 0 Å². The lowest BCUT2D eigenvalue weighted by atomic mass is 10.0. The van der Waals surface area contributed by atoms with E-state index in [1.165, 1.54) is 0 Å². The van der Waals surface area contributed by atoms with E-state index in [1.54, 1.807) is 25.1 Å². The molecule has 3 nitrogen and oxygen atoms in total. The van der Waals surface area contributed by atoms with Crippen molar-refractivity contribution in [1.29, 1.82) is 0 Å². The standard InChI is InChI=1S/C18H22ClNO2.C2H6/c1-5-8-17(20-12-13(4)6-2)15-10-9-14(19)11-16(15)18(21)22-7-3;1-2/h5,8-12H,6-7H2,1-4H3;1-2H3/b8-5-,13-12?,20-17?;. The molecule has 0 aliphatic rings. The average Bonchev–Trinajstić information content (AvgIpc) is 2.60. The Hall–Kier alpha value is -1.87. The minimum atomic E-state index is -0.395. The second-order valence-corrected chi connectivity index (χ2v) is 5.19. The summed E-state index contributed by atoms with van der Waals surface area (Å²) in [6.45, 7) is 12.1. The van der Waals surface area contributed by atoms with Crippen molar-refractivity contribution in [3.8, 4) is 0 Å². The fraction of sp³-hybridized carbons (Fsp3) is 0.400. The summed E-state index contributed by atoms with van der Waals surface area (Å²) in [5, 5.41) is 0.493. The maximum Gasteiger partial charge on any atom is 0.338 e. The van der Waals surface area contributed by atoms with Gasteiger partial charge < -0.3 is 4.74 Å². The van der Waals surface area contributed by atoms with Crippen molar-refractivity contribution in [1.82, 2.24) is 0 Å². The first-order chi connectivity index (χ1) is 11.5. The lowest BCUT2D eigenvalue weighted by molar-refractivity contribution is 0.0526. The summed E-state index contributed by atoms with van der Waals surface area (Å²) < 4.78 is 5.11. The molecular formula is C20H28ClNO2. The molecule has 0 N–H and O–H groups in total. The van der Waals surface area contributed by atoms with Crippen LogP contribution in [0.1, 0.15) is 63.9 Å². The van der Waals surface area contributed by atoms with E-state index in [0.29, 0.717) is 28.5 Å². The SMILES string of the molecule is C/C=C\C(=NC=C(C)CC)c1ccc(Cl)cc1C(=O)OCC.CC. The van der Waals surface area contributed by atoms with E-state index in [9.17, 15) is 4.79 Å². The molecule has 0 aromatic heterocycles. The van der Waals surface area contributed by atoms with Crippen molar-refractivity contribution in [2.45, 2.75) is 48.0 Å². The third kappa shape index (κ3) is 7.14. The first kappa shape index (κ1) is 22.1. The van der Waals surface area contributed by atoms with Crippen LogP contribution in [0.15, 0.2) is 47.1 Å². The van der Waals surface area contributed by atoms with Crippen molar-refractivity contribution >= 4 is 23.3 Å². The Balaban J connectivity index is 0.00000254. The van der Waals surface area contributed by atoms with Gasteiger partial charge in [-0.3, -0.25) is 4.99 Å². The average molecular weight is 350 g/mol. The van der Waals surface area contributed by atoms with Crippen LogP contribution in [0.4, 0.5) is 0 Å². The first-order valence-electron chi connectivity index (χ1n) is 8.36. The normalized spacial score (nSPS) is 12.0. The number of rotatable bonds is 6. The molecular weight excluding hydrogens is 322 g/mol. The third-order valence-electron chi connectivity index (χ3n) is 3.06. The van der Waals surface area contributed by atoms with Crippen LogP contribution in [0.5, 0.6) is 0 Å². The highest BCUT2D eigenvalue weighted by molar-refractivity contribution is 6.31. The number of allylic oxidation sites excluding steroid dienone is 3. The van der Waals surface area contributed by atoms with Gasteiger partial charge >= 0.3 is 5.97 Å². The number of hydrogen-bond acceptors (Lipinski definition) is 3. The molecule has 0 saturated carbocycles. The predicted octanol–water partition coefficient (Wildman–Crippen LogP) is 6.22. The Morgan fingerprint density at radius 3 is 2.46 bits per heavy atom. The molecule has 1 aromatic rings. The van der Waals surface area contributed by atoms with Crippen LogP contribution in [0.25, 0.3) is 0 Å². The monoisotopic (exact) mass is 349 g/mol. The van der Waals surface area contributed by atoms with Gasteiger partial charge in [0.15, 0.2) is 0 Å². The Bertz CT molecular complexity index is 616. The van der Waals surface area contributed by atoms with Gasteiger partial charge in [-0.1, -0.05) is 50.1 Å². The van der Waals surface area contributed by atoms with E-state index in [0.717, 1.165) is 12.0 Å². The van der Waals surface area contributed by atoms with Gasteiger partial charge in [-0.25, -0.2) is 4.79 Å². The van der Waals surface area contributed by atoms with Crippen LogP contribution in [-0.2, 0) is 4.74 Å². The second-order valence-electron chi connectivity index (χ2n) is 4.75. The van der Waals surface area contributed by atoms with Crippen molar-refractivity contribution < 1.29 is 9.53 Å². The zero-order chi connectivity index (χ0) is 18.5. The molecule has 0 aliphatic carbocycles. The molecule has 1 aromatic carbocycles. The summed E-state index contributed by atoms with van der Waals surface area (Å²) in [4.78, 5) is 16.6. The van der Waals surface area contributed by atoms with Crippen LogP contribution in [0.2, 0.25) is 5.02 Å². The van der Waals surface area contributed by atoms with E-state index >= 15 is 0 Å². The summed E-state index contributed by atoms with van der Waals surface area (Å²) >= 11 is 6.02. The second kappa shape index (κ2) is 12.5. The molecule has 0 spiro atoms. The lowest BCUT2D eigenvalue weighted by Gasteiger charge is -2.09. The molecule has 1 rings (SSSR count). The molecule has 24 heavy (non-hydrogen) atoms. The maximum atomic E-state index is 12.1. The van der Waals surface area contributed by atoms with E-state index < -0.39 is 5.97 Å². The minimum Gasteiger partial charge on any atom is -0.462 e. The fourth-order valence-electron chi connectivity index (χ4n) is 1.75. The van der Waals surface area contributed by atoms with Crippen molar-refractivity contribution in [3.05, 3.63) is 58.3 Å². The smallest absolute Gasteiger partial charge is 0.338 e. The molecule has 0 atom stereocenters. The van der Waals surface area contributed by atoms with E-state index in [2.05, 4.69) is 11.9 Å². The van der Waals surface area contributed by atoms with Gasteiger partial charge in [-0.15, -0.1) is 0 Å². The van der Waals surface area contributed by atoms with Crippen LogP contribution < -0.4 is 0 Å². The lowest BCUT2D eigenvalue weighted by Crippen LogP contribution is -2.11. The number of carbonyl (C=O) groups is 1. The molecule has 0 radical (unpaired) electrons. The number of aliphatic imine (C=N–C) groups is 1. The number of nitrogens with zero attached hydrogens (tertiary/aromatic N) is 1. The molecule has 0 bridgehead atoms. The molecule has 0 heterocycles. The fourth-order valence-corrected chi connectivity index (χ4v) is 1.92. The Kier molecular flexibility index (Phi) is 11.6. The van der Waals surface area contributed by atoms with Crippen LogP contribution in [-0.4, -0.2) is 18.3 Å². The van der Waals surface area contributed by atoms with Crippen molar-refractivity contribution in [2.24, 2.45) is 4.99 Å². The summed E-state index contributed by atoms with van der Waals surface area (Å²) in [5.41, 5.74) is 3.00. The quantitative estimate of drug-likeness (QED) is 0.451. The van der Waals surface area contributed by atoms with Gasteiger partial charge in [0, 0.05) is 16.8 Å². The summed E-state index contributed by atoms with van der Waals surface area (Å²) in [6.07, 6.45) is 6.50. The Labute approximate surface area is 151 Å². The van der Waals surface area contributed by atoms with E-state index in [-0.39, 0.29) is 0 Å². The van der Waals surface area contributed by atoms with Gasteiger partial charge in [0.1, 0.15) is 0 Å². The number of ether oxygens (including phenoxy) is 1. The number of halogens is 1. The Morgan fingerprint density at radius 2 is 1.92 bits per heavy atom. The molecule has 0 amide bonds. The minimum absolute atomic E-state index is 0.315. The predicted molar refractivity (Wildman–Crippen MR) is 104 cm³/mol. The largest absolute Gasteiger partial charge is 0.462 e. The van der Waals surface area contributed by atoms with Crippen LogP contribution in [0.3, 0.4) is 0 Å². The van der Waals surface area contributed by atoms with Crippen LogP contribution >= 0.6 is 11.6 Å². The molecule has 0 saturated heterocycles. The third-order valence-corrected chi connectivity index (χ3v) is 3.29. The summed E-state index contributed by atoms with van der Waals surface area (Å²) in [5.74, 6) is -0.395. The van der Waals surface area contributed by atoms with Gasteiger partial charge in [-0.05, 0) is 45.4 Å². The number of benzene rings is 1. The number of carbonyl (C=O) groups excluding carboxylic acids is 1. The molecule has 0 fully saturated rings. The highest BCUT2D eigenvalue weighted by Gasteiger charge is 2.15. The first-order valence-corrected chi connectivity index (χ1v) is 8.74. The topological polar surface area (TPSA) is 38.7 Å².